The van der Waals surface area contributed by atoms with Crippen molar-refractivity contribution >= 4 is 11.7 Å². The topological polar surface area (TPSA) is 67.8 Å². The van der Waals surface area contributed by atoms with E-state index in [-0.39, 0.29) is 5.91 Å². The zero-order valence-corrected chi connectivity index (χ0v) is 18.0. The zero-order valence-electron chi connectivity index (χ0n) is 18.0. The summed E-state index contributed by atoms with van der Waals surface area (Å²) >= 11 is 0. The maximum Gasteiger partial charge on any atom is 0.254 e. The van der Waals surface area contributed by atoms with E-state index in [0.29, 0.717) is 24.6 Å². The van der Waals surface area contributed by atoms with Crippen molar-refractivity contribution in [2.75, 3.05) is 45.3 Å². The average molecular weight is 418 g/mol. The number of aryl methyl sites for hydroxylation is 1. The van der Waals surface area contributed by atoms with Gasteiger partial charge in [-0.1, -0.05) is 18.2 Å². The Morgan fingerprint density at radius 1 is 0.871 bits per heavy atom. The lowest BCUT2D eigenvalue weighted by atomic mass is 10.1. The maximum atomic E-state index is 12.8. The van der Waals surface area contributed by atoms with E-state index in [1.807, 2.05) is 66.4 Å². The van der Waals surface area contributed by atoms with Crippen molar-refractivity contribution < 1.29 is 14.3 Å². The highest BCUT2D eigenvalue weighted by Crippen LogP contribution is 2.31. The predicted octanol–water partition coefficient (Wildman–Crippen LogP) is 3.43. The van der Waals surface area contributed by atoms with Crippen molar-refractivity contribution in [3.8, 4) is 22.8 Å². The van der Waals surface area contributed by atoms with Crippen LogP contribution in [0.2, 0.25) is 0 Å². The third kappa shape index (κ3) is 4.30. The van der Waals surface area contributed by atoms with Crippen molar-refractivity contribution in [3.63, 3.8) is 0 Å². The van der Waals surface area contributed by atoms with Crippen LogP contribution in [0.4, 0.5) is 5.82 Å². The Kier molecular flexibility index (Phi) is 6.02. The van der Waals surface area contributed by atoms with E-state index in [1.54, 1.807) is 14.2 Å². The second kappa shape index (κ2) is 9.04. The summed E-state index contributed by atoms with van der Waals surface area (Å²) in [6, 6.07) is 17.3. The molecule has 2 aromatic carbocycles. The van der Waals surface area contributed by atoms with Crippen molar-refractivity contribution in [3.05, 3.63) is 65.7 Å². The van der Waals surface area contributed by atoms with Crippen molar-refractivity contribution in [1.29, 1.82) is 0 Å². The first-order valence-corrected chi connectivity index (χ1v) is 10.3. The monoisotopic (exact) mass is 418 g/mol. The van der Waals surface area contributed by atoms with Crippen molar-refractivity contribution in [2.45, 2.75) is 6.92 Å². The van der Waals surface area contributed by atoms with Gasteiger partial charge < -0.3 is 19.3 Å². The van der Waals surface area contributed by atoms with E-state index in [2.05, 4.69) is 15.1 Å². The van der Waals surface area contributed by atoms with E-state index >= 15 is 0 Å². The molecule has 0 radical (unpaired) electrons. The van der Waals surface area contributed by atoms with Crippen LogP contribution in [0, 0.1) is 6.92 Å². The number of anilines is 1. The summed E-state index contributed by atoms with van der Waals surface area (Å²) in [7, 11) is 3.22. The number of hydrogen-bond acceptors (Lipinski definition) is 6. The average Bonchev–Trinajstić information content (AvgIpc) is 2.83. The third-order valence-corrected chi connectivity index (χ3v) is 5.60. The molecular formula is C24H26N4O3. The minimum atomic E-state index is 0.0904. The Balaban J connectivity index is 1.42. The van der Waals surface area contributed by atoms with Gasteiger partial charge in [0.1, 0.15) is 0 Å². The van der Waals surface area contributed by atoms with Gasteiger partial charge in [0, 0.05) is 37.3 Å². The third-order valence-electron chi connectivity index (χ3n) is 5.60. The highest BCUT2D eigenvalue weighted by atomic mass is 16.5. The molecule has 0 aliphatic carbocycles. The Bertz CT molecular complexity index is 1060. The van der Waals surface area contributed by atoms with Crippen LogP contribution < -0.4 is 14.4 Å². The summed E-state index contributed by atoms with van der Waals surface area (Å²) in [4.78, 5) is 16.9. The van der Waals surface area contributed by atoms with Gasteiger partial charge in [0.2, 0.25) is 0 Å². The number of methoxy groups -OCH3 is 2. The highest BCUT2D eigenvalue weighted by molar-refractivity contribution is 5.95. The minimum Gasteiger partial charge on any atom is -0.493 e. The summed E-state index contributed by atoms with van der Waals surface area (Å²) in [5.74, 6) is 2.23. The molecule has 2 heterocycles. The Morgan fingerprint density at radius 2 is 1.61 bits per heavy atom. The zero-order chi connectivity index (χ0) is 21.8. The van der Waals surface area contributed by atoms with Gasteiger partial charge >= 0.3 is 0 Å². The highest BCUT2D eigenvalue weighted by Gasteiger charge is 2.24. The molecule has 0 saturated carbocycles. The molecule has 3 aromatic rings. The van der Waals surface area contributed by atoms with Gasteiger partial charge in [0.05, 0.1) is 19.9 Å². The SMILES string of the molecule is COc1ccc(-c2ccc(N3CCN(C(=O)c4ccccc4C)CC3)nn2)cc1OC. The predicted molar refractivity (Wildman–Crippen MR) is 120 cm³/mol. The molecule has 7 heteroatoms. The summed E-state index contributed by atoms with van der Waals surface area (Å²) in [5, 5.41) is 8.82. The number of piperazine rings is 1. The number of ether oxygens (including phenoxy) is 2. The fourth-order valence-electron chi connectivity index (χ4n) is 3.77. The smallest absolute Gasteiger partial charge is 0.254 e. The number of aromatic nitrogens is 2. The molecule has 1 saturated heterocycles. The number of benzene rings is 2. The van der Waals surface area contributed by atoms with Crippen molar-refractivity contribution in [1.82, 2.24) is 15.1 Å². The number of amides is 1. The number of carbonyl (C=O) groups excluding carboxylic acids is 1. The van der Waals surface area contributed by atoms with Crippen LogP contribution in [-0.2, 0) is 0 Å². The minimum absolute atomic E-state index is 0.0904. The van der Waals surface area contributed by atoms with Gasteiger partial charge in [0.25, 0.3) is 5.91 Å². The molecule has 1 aliphatic heterocycles. The summed E-state index contributed by atoms with van der Waals surface area (Å²) in [5.41, 5.74) is 3.45. The molecule has 1 amide bonds. The lowest BCUT2D eigenvalue weighted by Crippen LogP contribution is -2.49. The molecule has 0 bridgehead atoms. The van der Waals surface area contributed by atoms with Crippen LogP contribution in [0.25, 0.3) is 11.3 Å². The second-order valence-corrected chi connectivity index (χ2v) is 7.44. The number of rotatable bonds is 5. The molecular weight excluding hydrogens is 392 g/mol. The molecule has 0 atom stereocenters. The van der Waals surface area contributed by atoms with Crippen LogP contribution >= 0.6 is 0 Å². The lowest BCUT2D eigenvalue weighted by Gasteiger charge is -2.35. The molecule has 1 fully saturated rings. The van der Waals surface area contributed by atoms with E-state index in [1.165, 1.54) is 0 Å². The van der Waals surface area contributed by atoms with Crippen LogP contribution in [0.1, 0.15) is 15.9 Å². The summed E-state index contributed by atoms with van der Waals surface area (Å²) in [6.45, 7) is 4.74. The molecule has 0 spiro atoms. The number of nitrogens with zero attached hydrogens (tertiary/aromatic N) is 4. The molecule has 1 aromatic heterocycles. The fourth-order valence-corrected chi connectivity index (χ4v) is 3.77. The normalized spacial score (nSPS) is 13.8. The van der Waals surface area contributed by atoms with Gasteiger partial charge in [-0.2, -0.15) is 0 Å². The quantitative estimate of drug-likeness (QED) is 0.632. The van der Waals surface area contributed by atoms with E-state index in [0.717, 1.165) is 41.3 Å². The first-order chi connectivity index (χ1) is 15.1. The van der Waals surface area contributed by atoms with Crippen molar-refractivity contribution in [2.24, 2.45) is 0 Å². The fraction of sp³-hybridized carbons (Fsp3) is 0.292. The molecule has 1 aliphatic rings. The molecule has 0 unspecified atom stereocenters. The molecule has 31 heavy (non-hydrogen) atoms. The van der Waals surface area contributed by atoms with Crippen LogP contribution in [0.15, 0.2) is 54.6 Å². The Hall–Kier alpha value is -3.61. The largest absolute Gasteiger partial charge is 0.493 e. The van der Waals surface area contributed by atoms with Gasteiger partial charge in [-0.25, -0.2) is 0 Å². The van der Waals surface area contributed by atoms with Crippen LogP contribution in [0.3, 0.4) is 0 Å². The van der Waals surface area contributed by atoms with Crippen LogP contribution in [0.5, 0.6) is 11.5 Å². The standard InChI is InChI=1S/C24H26N4O3/c1-17-6-4-5-7-19(17)24(29)28-14-12-27(13-15-28)23-11-9-20(25-26-23)18-8-10-21(30-2)22(16-18)31-3/h4-11,16H,12-15H2,1-3H3. The first kappa shape index (κ1) is 20.7. The molecule has 160 valence electrons. The molecule has 0 N–H and O–H groups in total. The molecule has 4 rings (SSSR count). The van der Waals surface area contributed by atoms with Gasteiger partial charge in [-0.15, -0.1) is 10.2 Å². The van der Waals surface area contributed by atoms with E-state index < -0.39 is 0 Å². The first-order valence-electron chi connectivity index (χ1n) is 10.3. The second-order valence-electron chi connectivity index (χ2n) is 7.44. The summed E-state index contributed by atoms with van der Waals surface area (Å²) < 4.78 is 10.7. The number of hydrogen-bond donors (Lipinski definition) is 0. The number of carbonyl (C=O) groups is 1. The lowest BCUT2D eigenvalue weighted by molar-refractivity contribution is 0.0745. The van der Waals surface area contributed by atoms with Gasteiger partial charge in [-0.3, -0.25) is 4.79 Å². The maximum absolute atomic E-state index is 12.8. The Morgan fingerprint density at radius 3 is 2.26 bits per heavy atom. The summed E-state index contributed by atoms with van der Waals surface area (Å²) in [6.07, 6.45) is 0. The van der Waals surface area contributed by atoms with Gasteiger partial charge in [0.15, 0.2) is 17.3 Å². The Labute approximate surface area is 182 Å². The molecule has 7 nitrogen and oxygen atoms in total. The van der Waals surface area contributed by atoms with Crippen LogP contribution in [-0.4, -0.2) is 61.4 Å². The van der Waals surface area contributed by atoms with E-state index in [9.17, 15) is 4.79 Å². The van der Waals surface area contributed by atoms with Gasteiger partial charge in [-0.05, 0) is 48.9 Å². The van der Waals surface area contributed by atoms with E-state index in [4.69, 9.17) is 9.47 Å².